The third-order valence-electron chi connectivity index (χ3n) is 3.61. The molecule has 5 nitrogen and oxygen atoms in total. The molecule has 1 aromatic carbocycles. The first-order chi connectivity index (χ1) is 9.99. The van der Waals surface area contributed by atoms with Crippen molar-refractivity contribution < 1.29 is 13.9 Å². The van der Waals surface area contributed by atoms with Gasteiger partial charge in [-0.25, -0.2) is 4.39 Å². The molecule has 0 aromatic heterocycles. The lowest BCUT2D eigenvalue weighted by Gasteiger charge is -2.25. The van der Waals surface area contributed by atoms with E-state index in [1.54, 1.807) is 12.1 Å². The van der Waals surface area contributed by atoms with Crippen molar-refractivity contribution in [2.24, 2.45) is 0 Å². The van der Waals surface area contributed by atoms with Gasteiger partial charge in [-0.05, 0) is 32.0 Å². The molecule has 2 rings (SSSR count). The number of nitrogens with one attached hydrogen (secondary N) is 2. The fraction of sp³-hybridized carbons (Fsp3) is 0.533. The second-order valence-electron chi connectivity index (χ2n) is 5.44. The molecule has 6 heteroatoms. The van der Waals surface area contributed by atoms with Gasteiger partial charge in [0, 0.05) is 25.3 Å². The summed E-state index contributed by atoms with van der Waals surface area (Å²) < 4.78 is 19.4. The topological polar surface area (TPSA) is 53.6 Å². The molecule has 0 bridgehead atoms. The molecule has 116 valence electrons. The number of carbonyl (C=O) groups is 1. The first kappa shape index (κ1) is 15.7. The Morgan fingerprint density at radius 3 is 2.86 bits per heavy atom. The standard InChI is InChI=1S/C15H22FN3O2/c1-10(2)19(3)14-5-4-11(8-12(14)16)18-15(20)13-9-21-7-6-17-13/h4-5,8,10,13,17H,6-7,9H2,1-3H3,(H,18,20). The highest BCUT2D eigenvalue weighted by molar-refractivity contribution is 5.95. The number of rotatable bonds is 4. The van der Waals surface area contributed by atoms with Gasteiger partial charge in [0.1, 0.15) is 11.9 Å². The van der Waals surface area contributed by atoms with Crippen LogP contribution >= 0.6 is 0 Å². The second-order valence-corrected chi connectivity index (χ2v) is 5.44. The van der Waals surface area contributed by atoms with Crippen LogP contribution in [0.3, 0.4) is 0 Å². The molecule has 1 atom stereocenters. The van der Waals surface area contributed by atoms with Crippen LogP contribution in [0.1, 0.15) is 13.8 Å². The first-order valence-corrected chi connectivity index (χ1v) is 7.13. The van der Waals surface area contributed by atoms with Crippen molar-refractivity contribution in [3.63, 3.8) is 0 Å². The minimum Gasteiger partial charge on any atom is -0.378 e. The maximum Gasteiger partial charge on any atom is 0.243 e. The van der Waals surface area contributed by atoms with E-state index in [4.69, 9.17) is 4.74 Å². The molecule has 1 saturated heterocycles. The van der Waals surface area contributed by atoms with E-state index in [1.807, 2.05) is 25.8 Å². The summed E-state index contributed by atoms with van der Waals surface area (Å²) in [6, 6.07) is 4.54. The van der Waals surface area contributed by atoms with Gasteiger partial charge in [0.15, 0.2) is 0 Å². The van der Waals surface area contributed by atoms with Crippen molar-refractivity contribution in [2.75, 3.05) is 37.0 Å². The van der Waals surface area contributed by atoms with Crippen LogP contribution in [0.15, 0.2) is 18.2 Å². The van der Waals surface area contributed by atoms with Crippen molar-refractivity contribution >= 4 is 17.3 Å². The minimum absolute atomic E-state index is 0.198. The summed E-state index contributed by atoms with van der Waals surface area (Å²) in [6.07, 6.45) is 0. The van der Waals surface area contributed by atoms with Gasteiger partial charge in [-0.1, -0.05) is 0 Å². The van der Waals surface area contributed by atoms with Gasteiger partial charge in [0.05, 0.1) is 18.9 Å². The van der Waals surface area contributed by atoms with E-state index in [1.165, 1.54) is 6.07 Å². The van der Waals surface area contributed by atoms with Gasteiger partial charge in [-0.3, -0.25) is 4.79 Å². The number of amides is 1. The van der Waals surface area contributed by atoms with Crippen LogP contribution < -0.4 is 15.5 Å². The highest BCUT2D eigenvalue weighted by atomic mass is 19.1. The number of anilines is 2. The summed E-state index contributed by atoms with van der Waals surface area (Å²) in [5, 5.41) is 5.77. The molecule has 1 aliphatic rings. The van der Waals surface area contributed by atoms with E-state index in [0.717, 1.165) is 0 Å². The number of halogens is 1. The third-order valence-corrected chi connectivity index (χ3v) is 3.61. The number of hydrogen-bond acceptors (Lipinski definition) is 4. The minimum atomic E-state index is -0.389. The SMILES string of the molecule is CC(C)N(C)c1ccc(NC(=O)C2COCCN2)cc1F. The summed E-state index contributed by atoms with van der Waals surface area (Å²) in [5.74, 6) is -0.559. The van der Waals surface area contributed by atoms with E-state index >= 15 is 0 Å². The van der Waals surface area contributed by atoms with Gasteiger partial charge < -0.3 is 20.3 Å². The monoisotopic (exact) mass is 295 g/mol. The molecule has 0 saturated carbocycles. The highest BCUT2D eigenvalue weighted by Gasteiger charge is 2.21. The number of nitrogens with zero attached hydrogens (tertiary/aromatic N) is 1. The predicted octanol–water partition coefficient (Wildman–Crippen LogP) is 1.60. The highest BCUT2D eigenvalue weighted by Crippen LogP contribution is 2.23. The Morgan fingerprint density at radius 1 is 1.52 bits per heavy atom. The van der Waals surface area contributed by atoms with E-state index in [0.29, 0.717) is 31.1 Å². The summed E-state index contributed by atoms with van der Waals surface area (Å²) in [5.41, 5.74) is 0.966. The van der Waals surface area contributed by atoms with Crippen LogP contribution in [-0.2, 0) is 9.53 Å². The molecule has 21 heavy (non-hydrogen) atoms. The molecule has 1 heterocycles. The zero-order valence-electron chi connectivity index (χ0n) is 12.6. The Balaban J connectivity index is 2.04. The molecule has 1 amide bonds. The summed E-state index contributed by atoms with van der Waals surface area (Å²) >= 11 is 0. The maximum absolute atomic E-state index is 14.1. The normalized spacial score (nSPS) is 18.6. The lowest BCUT2D eigenvalue weighted by Crippen LogP contribution is -2.48. The van der Waals surface area contributed by atoms with Gasteiger partial charge in [-0.15, -0.1) is 0 Å². The van der Waals surface area contributed by atoms with Gasteiger partial charge >= 0.3 is 0 Å². The van der Waals surface area contributed by atoms with Crippen molar-refractivity contribution in [1.29, 1.82) is 0 Å². The molecule has 0 radical (unpaired) electrons. The average Bonchev–Trinajstić information content (AvgIpc) is 2.47. The Labute approximate surface area is 124 Å². The summed E-state index contributed by atoms with van der Waals surface area (Å²) in [7, 11) is 1.84. The maximum atomic E-state index is 14.1. The molecule has 0 spiro atoms. The molecular formula is C15H22FN3O2. The van der Waals surface area contributed by atoms with E-state index in [2.05, 4.69) is 10.6 Å². The molecule has 1 aliphatic heterocycles. The van der Waals surface area contributed by atoms with Crippen LogP contribution in [0, 0.1) is 5.82 Å². The van der Waals surface area contributed by atoms with Crippen LogP contribution in [0.2, 0.25) is 0 Å². The molecular weight excluding hydrogens is 273 g/mol. The Kier molecular flexibility index (Phi) is 5.14. The molecule has 1 unspecified atom stereocenters. The molecule has 1 aromatic rings. The predicted molar refractivity (Wildman–Crippen MR) is 81.2 cm³/mol. The van der Waals surface area contributed by atoms with Crippen molar-refractivity contribution in [3.05, 3.63) is 24.0 Å². The fourth-order valence-corrected chi connectivity index (χ4v) is 2.11. The average molecular weight is 295 g/mol. The molecule has 0 aliphatic carbocycles. The zero-order valence-corrected chi connectivity index (χ0v) is 12.6. The van der Waals surface area contributed by atoms with Crippen molar-refractivity contribution in [2.45, 2.75) is 25.9 Å². The number of morpholine rings is 1. The lowest BCUT2D eigenvalue weighted by molar-refractivity contribution is -0.120. The Bertz CT molecular complexity index is 502. The van der Waals surface area contributed by atoms with Crippen molar-refractivity contribution in [3.8, 4) is 0 Å². The van der Waals surface area contributed by atoms with Crippen LogP contribution in [0.25, 0.3) is 0 Å². The smallest absolute Gasteiger partial charge is 0.243 e. The van der Waals surface area contributed by atoms with Crippen LogP contribution in [0.5, 0.6) is 0 Å². The van der Waals surface area contributed by atoms with E-state index in [-0.39, 0.29) is 23.8 Å². The number of ether oxygens (including phenoxy) is 1. The van der Waals surface area contributed by atoms with Crippen LogP contribution in [0.4, 0.5) is 15.8 Å². The van der Waals surface area contributed by atoms with Gasteiger partial charge in [0.2, 0.25) is 5.91 Å². The largest absolute Gasteiger partial charge is 0.378 e. The Morgan fingerprint density at radius 2 is 2.29 bits per heavy atom. The number of benzene rings is 1. The Hall–Kier alpha value is -1.66. The van der Waals surface area contributed by atoms with Crippen LogP contribution in [-0.4, -0.2) is 44.8 Å². The van der Waals surface area contributed by atoms with Gasteiger partial charge in [-0.2, -0.15) is 0 Å². The first-order valence-electron chi connectivity index (χ1n) is 7.13. The lowest BCUT2D eigenvalue weighted by atomic mass is 10.2. The zero-order chi connectivity index (χ0) is 15.4. The fourth-order valence-electron chi connectivity index (χ4n) is 2.11. The summed E-state index contributed by atoms with van der Waals surface area (Å²) in [4.78, 5) is 13.9. The van der Waals surface area contributed by atoms with Crippen molar-refractivity contribution in [1.82, 2.24) is 5.32 Å². The molecule has 2 N–H and O–H groups in total. The number of carbonyl (C=O) groups excluding carboxylic acids is 1. The second kappa shape index (κ2) is 6.87. The number of hydrogen-bond donors (Lipinski definition) is 2. The quantitative estimate of drug-likeness (QED) is 0.886. The molecule has 1 fully saturated rings. The summed E-state index contributed by atoms with van der Waals surface area (Å²) in [6.45, 7) is 5.56. The van der Waals surface area contributed by atoms with Gasteiger partial charge in [0.25, 0.3) is 0 Å². The third kappa shape index (κ3) is 3.92. The van der Waals surface area contributed by atoms with E-state index < -0.39 is 0 Å². The van der Waals surface area contributed by atoms with E-state index in [9.17, 15) is 9.18 Å².